The van der Waals surface area contributed by atoms with E-state index in [2.05, 4.69) is 10.6 Å². The number of esters is 1. The lowest BCUT2D eigenvalue weighted by Gasteiger charge is -2.19. The summed E-state index contributed by atoms with van der Waals surface area (Å²) < 4.78 is 16.1. The SMILES string of the molecule is C[C@H](OC(=O)c1cc([N+](=O)[O-])ccc1NCCO)C(=O)Nc1ccc2c(c1)OCCO2. The summed E-state index contributed by atoms with van der Waals surface area (Å²) in [7, 11) is 0. The van der Waals surface area contributed by atoms with E-state index in [1.807, 2.05) is 0 Å². The molecule has 0 fully saturated rings. The van der Waals surface area contributed by atoms with Gasteiger partial charge in [-0.1, -0.05) is 0 Å². The molecular formula is C20H21N3O8. The van der Waals surface area contributed by atoms with Gasteiger partial charge in [-0.2, -0.15) is 0 Å². The molecule has 3 rings (SSSR count). The van der Waals surface area contributed by atoms with Crippen molar-refractivity contribution in [1.82, 2.24) is 0 Å². The number of nitrogens with zero attached hydrogens (tertiary/aromatic N) is 1. The molecule has 0 saturated heterocycles. The average Bonchev–Trinajstić information content (AvgIpc) is 2.77. The quantitative estimate of drug-likeness (QED) is 0.324. The fourth-order valence-electron chi connectivity index (χ4n) is 2.80. The third-order valence-corrected chi connectivity index (χ3v) is 4.32. The van der Waals surface area contributed by atoms with E-state index in [4.69, 9.17) is 19.3 Å². The third-order valence-electron chi connectivity index (χ3n) is 4.32. The lowest BCUT2D eigenvalue weighted by Crippen LogP contribution is -2.30. The summed E-state index contributed by atoms with van der Waals surface area (Å²) in [5.41, 5.74) is 0.235. The molecule has 1 aliphatic rings. The minimum absolute atomic E-state index is 0.123. The summed E-state index contributed by atoms with van der Waals surface area (Å²) in [5.74, 6) is -0.462. The number of aliphatic hydroxyl groups is 1. The van der Waals surface area contributed by atoms with Gasteiger partial charge in [0.05, 0.1) is 17.1 Å². The van der Waals surface area contributed by atoms with Gasteiger partial charge in [-0.25, -0.2) is 4.79 Å². The fourth-order valence-corrected chi connectivity index (χ4v) is 2.80. The van der Waals surface area contributed by atoms with Crippen molar-refractivity contribution in [2.45, 2.75) is 13.0 Å². The summed E-state index contributed by atoms with van der Waals surface area (Å²) in [6.45, 7) is 2.13. The first-order valence-electron chi connectivity index (χ1n) is 9.43. The van der Waals surface area contributed by atoms with Crippen molar-refractivity contribution in [2.75, 3.05) is 37.0 Å². The van der Waals surface area contributed by atoms with E-state index in [1.165, 1.54) is 19.1 Å². The molecule has 1 aliphatic heterocycles. The minimum atomic E-state index is -1.19. The molecule has 0 aromatic heterocycles. The number of rotatable bonds is 8. The topological polar surface area (TPSA) is 149 Å². The molecule has 0 aliphatic carbocycles. The predicted octanol–water partition coefficient (Wildman–Crippen LogP) is 1.95. The van der Waals surface area contributed by atoms with E-state index in [9.17, 15) is 19.7 Å². The number of nitrogens with one attached hydrogen (secondary N) is 2. The number of non-ortho nitro benzene ring substituents is 1. The smallest absolute Gasteiger partial charge is 0.341 e. The molecule has 2 aromatic carbocycles. The summed E-state index contributed by atoms with van der Waals surface area (Å²) in [6, 6.07) is 8.48. The number of fused-ring (bicyclic) bond motifs is 1. The van der Waals surface area contributed by atoms with Gasteiger partial charge in [-0.05, 0) is 25.1 Å². The highest BCUT2D eigenvalue weighted by molar-refractivity contribution is 6.00. The molecule has 0 unspecified atom stereocenters. The maximum Gasteiger partial charge on any atom is 0.341 e. The number of carbonyl (C=O) groups excluding carboxylic acids is 2. The predicted molar refractivity (Wildman–Crippen MR) is 110 cm³/mol. The minimum Gasteiger partial charge on any atom is -0.486 e. The molecule has 2 aromatic rings. The zero-order valence-electron chi connectivity index (χ0n) is 16.6. The van der Waals surface area contributed by atoms with Crippen molar-refractivity contribution in [3.63, 3.8) is 0 Å². The van der Waals surface area contributed by atoms with E-state index in [0.29, 0.717) is 30.4 Å². The summed E-state index contributed by atoms with van der Waals surface area (Å²) in [6.07, 6.45) is -1.19. The number of aliphatic hydroxyl groups excluding tert-OH is 1. The lowest BCUT2D eigenvalue weighted by atomic mass is 10.1. The number of benzene rings is 2. The highest BCUT2D eigenvalue weighted by Crippen LogP contribution is 2.32. The first-order chi connectivity index (χ1) is 14.9. The molecule has 164 valence electrons. The van der Waals surface area contributed by atoms with E-state index in [1.54, 1.807) is 18.2 Å². The van der Waals surface area contributed by atoms with Crippen LogP contribution in [0.15, 0.2) is 36.4 Å². The van der Waals surface area contributed by atoms with Gasteiger partial charge in [-0.3, -0.25) is 14.9 Å². The van der Waals surface area contributed by atoms with Crippen LogP contribution in [0, 0.1) is 10.1 Å². The first kappa shape index (κ1) is 21.8. The van der Waals surface area contributed by atoms with Gasteiger partial charge >= 0.3 is 5.97 Å². The average molecular weight is 431 g/mol. The van der Waals surface area contributed by atoms with Crippen molar-refractivity contribution in [2.24, 2.45) is 0 Å². The number of hydrogen-bond acceptors (Lipinski definition) is 9. The summed E-state index contributed by atoms with van der Waals surface area (Å²) in [4.78, 5) is 35.5. The molecule has 0 radical (unpaired) electrons. The van der Waals surface area contributed by atoms with Gasteiger partial charge in [0, 0.05) is 36.1 Å². The number of nitro benzene ring substituents is 1. The number of anilines is 2. The zero-order valence-corrected chi connectivity index (χ0v) is 16.6. The van der Waals surface area contributed by atoms with Gasteiger partial charge < -0.3 is 30.0 Å². The zero-order chi connectivity index (χ0) is 22.4. The van der Waals surface area contributed by atoms with E-state index in [0.717, 1.165) is 6.07 Å². The number of hydrogen-bond donors (Lipinski definition) is 3. The Hall–Kier alpha value is -3.86. The fraction of sp³-hybridized carbons (Fsp3) is 0.300. The van der Waals surface area contributed by atoms with Crippen LogP contribution in [0.1, 0.15) is 17.3 Å². The molecular weight excluding hydrogens is 410 g/mol. The first-order valence-corrected chi connectivity index (χ1v) is 9.43. The van der Waals surface area contributed by atoms with Crippen LogP contribution >= 0.6 is 0 Å². The lowest BCUT2D eigenvalue weighted by molar-refractivity contribution is -0.384. The molecule has 11 heteroatoms. The molecule has 3 N–H and O–H groups in total. The van der Waals surface area contributed by atoms with Crippen LogP contribution < -0.4 is 20.1 Å². The van der Waals surface area contributed by atoms with Crippen LogP contribution in [0.5, 0.6) is 11.5 Å². The Morgan fingerprint density at radius 3 is 2.65 bits per heavy atom. The summed E-state index contributed by atoms with van der Waals surface area (Å²) in [5, 5.41) is 25.4. The summed E-state index contributed by atoms with van der Waals surface area (Å²) >= 11 is 0. The second-order valence-electron chi connectivity index (χ2n) is 6.53. The molecule has 1 amide bonds. The third kappa shape index (κ3) is 5.39. The Bertz CT molecular complexity index is 994. The molecule has 1 atom stereocenters. The highest BCUT2D eigenvalue weighted by Gasteiger charge is 2.24. The molecule has 31 heavy (non-hydrogen) atoms. The largest absolute Gasteiger partial charge is 0.486 e. The maximum atomic E-state index is 12.6. The Labute approximate surface area is 177 Å². The van der Waals surface area contributed by atoms with Crippen molar-refractivity contribution < 1.29 is 33.8 Å². The van der Waals surface area contributed by atoms with Crippen LogP contribution in [-0.2, 0) is 9.53 Å². The van der Waals surface area contributed by atoms with Gasteiger partial charge in [0.25, 0.3) is 11.6 Å². The van der Waals surface area contributed by atoms with Crippen molar-refractivity contribution >= 4 is 28.9 Å². The van der Waals surface area contributed by atoms with Crippen molar-refractivity contribution in [3.8, 4) is 11.5 Å². The van der Waals surface area contributed by atoms with Gasteiger partial charge in [0.1, 0.15) is 13.2 Å². The number of nitro groups is 1. The molecule has 11 nitrogen and oxygen atoms in total. The van der Waals surface area contributed by atoms with Gasteiger partial charge in [0.2, 0.25) is 0 Å². The van der Waals surface area contributed by atoms with Crippen LogP contribution in [0.25, 0.3) is 0 Å². The Morgan fingerprint density at radius 1 is 1.19 bits per heavy atom. The van der Waals surface area contributed by atoms with Crippen molar-refractivity contribution in [3.05, 3.63) is 52.1 Å². The normalized spacial score (nSPS) is 13.1. The van der Waals surface area contributed by atoms with Crippen LogP contribution in [0.3, 0.4) is 0 Å². The Morgan fingerprint density at radius 2 is 1.94 bits per heavy atom. The van der Waals surface area contributed by atoms with Crippen LogP contribution in [-0.4, -0.2) is 54.4 Å². The molecule has 0 saturated carbocycles. The Balaban J connectivity index is 1.70. The number of carbonyl (C=O) groups is 2. The molecule has 0 spiro atoms. The van der Waals surface area contributed by atoms with Gasteiger partial charge in [0.15, 0.2) is 17.6 Å². The second-order valence-corrected chi connectivity index (χ2v) is 6.53. The number of ether oxygens (including phenoxy) is 3. The van der Waals surface area contributed by atoms with E-state index in [-0.39, 0.29) is 30.1 Å². The van der Waals surface area contributed by atoms with Crippen molar-refractivity contribution in [1.29, 1.82) is 0 Å². The maximum absolute atomic E-state index is 12.6. The Kier molecular flexibility index (Phi) is 6.88. The highest BCUT2D eigenvalue weighted by atomic mass is 16.6. The second kappa shape index (κ2) is 9.76. The molecule has 0 bridgehead atoms. The molecule has 1 heterocycles. The monoisotopic (exact) mass is 431 g/mol. The van der Waals surface area contributed by atoms with E-state index >= 15 is 0 Å². The van der Waals surface area contributed by atoms with Crippen LogP contribution in [0.2, 0.25) is 0 Å². The van der Waals surface area contributed by atoms with Crippen LogP contribution in [0.4, 0.5) is 17.1 Å². The standard InChI is InChI=1S/C20H21N3O8/c1-12(19(25)22-13-2-5-17-18(10-13)30-9-8-29-17)31-20(26)15-11-14(23(27)28)3-4-16(15)21-6-7-24/h2-5,10-12,21,24H,6-9H2,1H3,(H,22,25)/t12-/m0/s1. The number of amides is 1. The van der Waals surface area contributed by atoms with E-state index < -0.39 is 22.9 Å². The van der Waals surface area contributed by atoms with Gasteiger partial charge in [-0.15, -0.1) is 0 Å².